The highest BCUT2D eigenvalue weighted by molar-refractivity contribution is 7.88. The number of ether oxygens (including phenoxy) is 1. The number of methoxy groups -OCH3 is 1. The fraction of sp³-hybridized carbons (Fsp3) is 0.929. The van der Waals surface area contributed by atoms with Crippen LogP contribution in [0.3, 0.4) is 0 Å². The highest BCUT2D eigenvalue weighted by Gasteiger charge is 2.52. The number of rotatable bonds is 3. The van der Waals surface area contributed by atoms with Crippen molar-refractivity contribution < 1.29 is 17.9 Å². The number of carbonyl (C=O) groups excluding carboxylic acids is 1. The number of hydrogen-bond donors (Lipinski definition) is 0. The van der Waals surface area contributed by atoms with E-state index in [0.717, 1.165) is 12.8 Å². The van der Waals surface area contributed by atoms with E-state index in [1.165, 1.54) is 6.26 Å². The third kappa shape index (κ3) is 3.23. The Morgan fingerprint density at radius 2 is 1.86 bits per heavy atom. The van der Waals surface area contributed by atoms with Gasteiger partial charge in [-0.2, -0.15) is 4.31 Å². The number of urea groups is 1. The van der Waals surface area contributed by atoms with E-state index in [2.05, 4.69) is 0 Å². The van der Waals surface area contributed by atoms with E-state index >= 15 is 0 Å². The van der Waals surface area contributed by atoms with Gasteiger partial charge in [0.05, 0.1) is 12.9 Å². The molecule has 0 aromatic rings. The summed E-state index contributed by atoms with van der Waals surface area (Å²) in [5, 5.41) is 0. The van der Waals surface area contributed by atoms with Crippen molar-refractivity contribution in [1.82, 2.24) is 14.1 Å². The van der Waals surface area contributed by atoms with Crippen molar-refractivity contribution in [2.75, 3.05) is 47.2 Å². The maximum absolute atomic E-state index is 12.3. The van der Waals surface area contributed by atoms with Crippen LogP contribution in [0.5, 0.6) is 0 Å². The Morgan fingerprint density at radius 3 is 2.32 bits per heavy atom. The van der Waals surface area contributed by atoms with Crippen molar-refractivity contribution in [2.24, 2.45) is 0 Å². The number of sulfonamides is 1. The molecule has 2 amide bonds. The summed E-state index contributed by atoms with van der Waals surface area (Å²) in [7, 11) is 1.78. The van der Waals surface area contributed by atoms with Crippen LogP contribution in [0.4, 0.5) is 4.79 Å². The third-order valence-electron chi connectivity index (χ3n) is 4.81. The van der Waals surface area contributed by atoms with Gasteiger partial charge >= 0.3 is 6.03 Å². The molecular formula is C14H27N3O4S. The molecule has 0 aliphatic carbocycles. The minimum absolute atomic E-state index is 0.00723. The van der Waals surface area contributed by atoms with E-state index in [9.17, 15) is 13.2 Å². The smallest absolute Gasteiger partial charge is 0.319 e. The Balaban J connectivity index is 2.16. The van der Waals surface area contributed by atoms with E-state index in [0.29, 0.717) is 32.5 Å². The zero-order valence-electron chi connectivity index (χ0n) is 13.9. The number of carbonyl (C=O) groups is 1. The standard InChI is InChI=1S/C14H27N3O4S/c1-15(2)13(18)16-9-7-14(8-10-16)6-5-12(11-21-3)17(14)22(4,19)20/h12H,5-11H2,1-4H3. The predicted molar refractivity (Wildman–Crippen MR) is 84.2 cm³/mol. The normalized spacial score (nSPS) is 25.6. The third-order valence-corrected chi connectivity index (χ3v) is 6.21. The molecule has 0 N–H and O–H groups in total. The number of hydrogen-bond acceptors (Lipinski definition) is 4. The van der Waals surface area contributed by atoms with E-state index in [-0.39, 0.29) is 17.6 Å². The molecule has 2 rings (SSSR count). The summed E-state index contributed by atoms with van der Waals surface area (Å²) < 4.78 is 31.5. The molecule has 0 radical (unpaired) electrons. The molecule has 128 valence electrons. The Hall–Kier alpha value is -0.860. The van der Waals surface area contributed by atoms with Crippen LogP contribution in [0, 0.1) is 0 Å². The van der Waals surface area contributed by atoms with Gasteiger partial charge in [-0.25, -0.2) is 13.2 Å². The van der Waals surface area contributed by atoms with Crippen molar-refractivity contribution >= 4 is 16.1 Å². The maximum Gasteiger partial charge on any atom is 0.319 e. The highest BCUT2D eigenvalue weighted by atomic mass is 32.2. The molecule has 2 aliphatic heterocycles. The number of amides is 2. The van der Waals surface area contributed by atoms with E-state index in [1.807, 2.05) is 0 Å². The van der Waals surface area contributed by atoms with Gasteiger partial charge < -0.3 is 14.5 Å². The Labute approximate surface area is 133 Å². The van der Waals surface area contributed by atoms with Crippen LogP contribution in [-0.2, 0) is 14.8 Å². The molecule has 22 heavy (non-hydrogen) atoms. The summed E-state index contributed by atoms with van der Waals surface area (Å²) >= 11 is 0. The molecule has 0 aromatic carbocycles. The van der Waals surface area contributed by atoms with Crippen molar-refractivity contribution in [3.63, 3.8) is 0 Å². The highest BCUT2D eigenvalue weighted by Crippen LogP contribution is 2.43. The summed E-state index contributed by atoms with van der Waals surface area (Å²) in [5.41, 5.74) is -0.347. The molecule has 0 bridgehead atoms. The van der Waals surface area contributed by atoms with Crippen LogP contribution in [0.15, 0.2) is 0 Å². The molecule has 1 atom stereocenters. The molecule has 8 heteroatoms. The summed E-state index contributed by atoms with van der Waals surface area (Å²) in [6.07, 6.45) is 4.33. The summed E-state index contributed by atoms with van der Waals surface area (Å²) in [5.74, 6) is 0. The van der Waals surface area contributed by atoms with Gasteiger partial charge in [0.15, 0.2) is 0 Å². The number of piperidine rings is 1. The largest absolute Gasteiger partial charge is 0.383 e. The van der Waals surface area contributed by atoms with Crippen LogP contribution >= 0.6 is 0 Å². The molecule has 2 fully saturated rings. The first-order valence-corrected chi connectivity index (χ1v) is 9.51. The molecule has 1 unspecified atom stereocenters. The van der Waals surface area contributed by atoms with Gasteiger partial charge in [0.1, 0.15) is 0 Å². The molecule has 2 aliphatic rings. The van der Waals surface area contributed by atoms with Gasteiger partial charge in [0.25, 0.3) is 0 Å². The van der Waals surface area contributed by atoms with Crippen molar-refractivity contribution in [1.29, 1.82) is 0 Å². The summed E-state index contributed by atoms with van der Waals surface area (Å²) in [4.78, 5) is 15.4. The van der Waals surface area contributed by atoms with Gasteiger partial charge in [0.2, 0.25) is 10.0 Å². The van der Waals surface area contributed by atoms with Crippen LogP contribution < -0.4 is 0 Å². The van der Waals surface area contributed by atoms with Crippen molar-refractivity contribution in [3.8, 4) is 0 Å². The second-order valence-electron chi connectivity index (χ2n) is 6.60. The van der Waals surface area contributed by atoms with Gasteiger partial charge in [-0.05, 0) is 25.7 Å². The fourth-order valence-corrected chi connectivity index (χ4v) is 5.57. The lowest BCUT2D eigenvalue weighted by Crippen LogP contribution is -2.57. The van der Waals surface area contributed by atoms with Crippen molar-refractivity contribution in [2.45, 2.75) is 37.3 Å². The van der Waals surface area contributed by atoms with E-state index < -0.39 is 10.0 Å². The topological polar surface area (TPSA) is 70.2 Å². The minimum atomic E-state index is -3.30. The Bertz CT molecular complexity index is 512. The van der Waals surface area contributed by atoms with Crippen LogP contribution in [0.25, 0.3) is 0 Å². The predicted octanol–water partition coefficient (Wildman–Crippen LogP) is 0.573. The van der Waals surface area contributed by atoms with Crippen LogP contribution in [0.1, 0.15) is 25.7 Å². The Kier molecular flexibility index (Phi) is 5.03. The zero-order chi connectivity index (χ0) is 16.5. The van der Waals surface area contributed by atoms with Gasteiger partial charge in [0, 0.05) is 45.9 Å². The first-order chi connectivity index (χ1) is 10.2. The first-order valence-electron chi connectivity index (χ1n) is 7.66. The van der Waals surface area contributed by atoms with Gasteiger partial charge in [-0.15, -0.1) is 0 Å². The second-order valence-corrected chi connectivity index (χ2v) is 8.45. The minimum Gasteiger partial charge on any atom is -0.383 e. The first kappa shape index (κ1) is 17.5. The SMILES string of the molecule is COCC1CCC2(CCN(C(=O)N(C)C)CC2)N1S(C)(=O)=O. The average Bonchev–Trinajstić information content (AvgIpc) is 2.77. The molecule has 0 aromatic heterocycles. The number of nitrogens with zero attached hydrogens (tertiary/aromatic N) is 3. The molecule has 2 heterocycles. The second kappa shape index (κ2) is 6.33. The molecule has 0 saturated carbocycles. The van der Waals surface area contributed by atoms with Crippen molar-refractivity contribution in [3.05, 3.63) is 0 Å². The lowest BCUT2D eigenvalue weighted by molar-refractivity contribution is 0.0725. The quantitative estimate of drug-likeness (QED) is 0.757. The van der Waals surface area contributed by atoms with Crippen LogP contribution in [-0.4, -0.2) is 87.3 Å². The zero-order valence-corrected chi connectivity index (χ0v) is 14.7. The molecule has 1 spiro atoms. The summed E-state index contributed by atoms with van der Waals surface area (Å²) in [6.45, 7) is 1.63. The molecule has 2 saturated heterocycles. The summed E-state index contributed by atoms with van der Waals surface area (Å²) in [6, 6.07) is -0.0942. The van der Waals surface area contributed by atoms with Gasteiger partial charge in [-0.1, -0.05) is 0 Å². The monoisotopic (exact) mass is 333 g/mol. The lowest BCUT2D eigenvalue weighted by atomic mass is 9.86. The Morgan fingerprint density at radius 1 is 1.27 bits per heavy atom. The van der Waals surface area contributed by atoms with E-state index in [1.54, 1.807) is 35.3 Å². The van der Waals surface area contributed by atoms with E-state index in [4.69, 9.17) is 4.74 Å². The maximum atomic E-state index is 12.3. The van der Waals surface area contributed by atoms with Gasteiger partial charge in [-0.3, -0.25) is 0 Å². The lowest BCUT2D eigenvalue weighted by Gasteiger charge is -2.45. The number of likely N-dealkylation sites (tertiary alicyclic amines) is 1. The molecular weight excluding hydrogens is 306 g/mol. The molecule has 7 nitrogen and oxygen atoms in total. The average molecular weight is 333 g/mol. The fourth-order valence-electron chi connectivity index (χ4n) is 3.88. The van der Waals surface area contributed by atoms with Crippen LogP contribution in [0.2, 0.25) is 0 Å².